The molecule has 3 heterocycles. The van der Waals surface area contributed by atoms with E-state index in [0.29, 0.717) is 6.54 Å². The molecule has 0 bridgehead atoms. The average Bonchev–Trinajstić information content (AvgIpc) is 3.35. The van der Waals surface area contributed by atoms with E-state index in [-0.39, 0.29) is 0 Å². The molecule has 160 valence electrons. The lowest BCUT2D eigenvalue weighted by Gasteiger charge is -2.36. The van der Waals surface area contributed by atoms with Crippen molar-refractivity contribution >= 4 is 22.6 Å². The molecule has 0 atom stereocenters. The van der Waals surface area contributed by atoms with Gasteiger partial charge in [0.15, 0.2) is 5.96 Å². The number of anilines is 1. The summed E-state index contributed by atoms with van der Waals surface area (Å²) >= 11 is 1.51. The maximum absolute atomic E-state index is 4.99. The van der Waals surface area contributed by atoms with Crippen molar-refractivity contribution in [3.63, 3.8) is 0 Å². The molecule has 0 aliphatic carbocycles. The third-order valence-electron chi connectivity index (χ3n) is 5.37. The van der Waals surface area contributed by atoms with Gasteiger partial charge in [0.2, 0.25) is 5.13 Å². The Bertz CT molecular complexity index is 817. The van der Waals surface area contributed by atoms with E-state index < -0.39 is 0 Å². The minimum Gasteiger partial charge on any atom is -0.357 e. The van der Waals surface area contributed by atoms with Crippen LogP contribution in [0, 0.1) is 0 Å². The summed E-state index contributed by atoms with van der Waals surface area (Å²) in [5, 5.41) is 9.20. The first-order valence-electron chi connectivity index (χ1n) is 10.8. The Balaban J connectivity index is 1.69. The fourth-order valence-corrected chi connectivity index (χ4v) is 4.58. The Kier molecular flexibility index (Phi) is 7.46. The molecule has 0 aromatic carbocycles. The van der Waals surface area contributed by atoms with Gasteiger partial charge >= 0.3 is 0 Å². The molecule has 0 spiro atoms. The van der Waals surface area contributed by atoms with E-state index in [2.05, 4.69) is 57.3 Å². The zero-order valence-corrected chi connectivity index (χ0v) is 19.2. The lowest BCUT2D eigenvalue weighted by Crippen LogP contribution is -2.52. The molecule has 1 aliphatic rings. The molecule has 1 N–H and O–H groups in total. The van der Waals surface area contributed by atoms with Crippen LogP contribution < -0.4 is 10.2 Å². The minimum absolute atomic E-state index is 0.680. The Hall–Kier alpha value is -2.16. The SMILES string of the molecule is CCNC(=NCc1c(CC)nn(C)c1CC)N1CCN(c2nc(CC)ns2)CC1. The van der Waals surface area contributed by atoms with Crippen molar-refractivity contribution in [3.05, 3.63) is 22.8 Å². The van der Waals surface area contributed by atoms with Crippen LogP contribution in [0.5, 0.6) is 0 Å². The number of rotatable bonds is 7. The summed E-state index contributed by atoms with van der Waals surface area (Å²) in [7, 11) is 2.03. The van der Waals surface area contributed by atoms with Gasteiger partial charge in [-0.15, -0.1) is 0 Å². The van der Waals surface area contributed by atoms with Crippen LogP contribution in [0.15, 0.2) is 4.99 Å². The highest BCUT2D eigenvalue weighted by atomic mass is 32.1. The molecule has 0 unspecified atom stereocenters. The monoisotopic (exact) mass is 418 g/mol. The van der Waals surface area contributed by atoms with Gasteiger partial charge in [-0.25, -0.2) is 9.98 Å². The molecule has 1 fully saturated rings. The van der Waals surface area contributed by atoms with Crippen molar-refractivity contribution in [2.75, 3.05) is 37.6 Å². The van der Waals surface area contributed by atoms with E-state index >= 15 is 0 Å². The summed E-state index contributed by atoms with van der Waals surface area (Å²) in [6.07, 6.45) is 2.81. The zero-order chi connectivity index (χ0) is 20.8. The summed E-state index contributed by atoms with van der Waals surface area (Å²) in [5.41, 5.74) is 3.73. The topological polar surface area (TPSA) is 74.5 Å². The van der Waals surface area contributed by atoms with Crippen LogP contribution in [0.4, 0.5) is 5.13 Å². The fourth-order valence-electron chi connectivity index (χ4n) is 3.78. The fraction of sp³-hybridized carbons (Fsp3) is 0.700. The maximum Gasteiger partial charge on any atom is 0.205 e. The first kappa shape index (κ1) is 21.5. The van der Waals surface area contributed by atoms with Gasteiger partial charge in [-0.05, 0) is 19.8 Å². The maximum atomic E-state index is 4.99. The summed E-state index contributed by atoms with van der Waals surface area (Å²) in [4.78, 5) is 14.3. The first-order valence-corrected chi connectivity index (χ1v) is 11.5. The van der Waals surface area contributed by atoms with Crippen LogP contribution in [-0.4, -0.2) is 62.7 Å². The molecule has 0 amide bonds. The second kappa shape index (κ2) is 10.0. The predicted octanol–water partition coefficient (Wildman–Crippen LogP) is 2.25. The lowest BCUT2D eigenvalue weighted by atomic mass is 10.1. The Morgan fingerprint density at radius 2 is 1.83 bits per heavy atom. The molecule has 9 heteroatoms. The highest BCUT2D eigenvalue weighted by Gasteiger charge is 2.22. The zero-order valence-electron chi connectivity index (χ0n) is 18.4. The highest BCUT2D eigenvalue weighted by molar-refractivity contribution is 7.09. The standard InChI is InChI=1S/C20H34N8S/c1-6-16-15(17(7-2)26(5)24-16)14-22-19(21-9-4)27-10-12-28(13-11-27)20-23-18(8-3)25-29-20/h6-14H2,1-5H3,(H,21,22). The smallest absolute Gasteiger partial charge is 0.205 e. The van der Waals surface area contributed by atoms with Crippen LogP contribution in [-0.2, 0) is 32.9 Å². The molecule has 8 nitrogen and oxygen atoms in total. The van der Waals surface area contributed by atoms with Gasteiger partial charge in [0.1, 0.15) is 5.82 Å². The largest absolute Gasteiger partial charge is 0.357 e. The number of hydrogen-bond donors (Lipinski definition) is 1. The Labute approximate surface area is 178 Å². The molecule has 2 aromatic rings. The Morgan fingerprint density at radius 1 is 1.07 bits per heavy atom. The summed E-state index contributed by atoms with van der Waals surface area (Å²) < 4.78 is 6.44. The van der Waals surface area contributed by atoms with Gasteiger partial charge in [-0.2, -0.15) is 9.47 Å². The second-order valence-electron chi connectivity index (χ2n) is 7.19. The van der Waals surface area contributed by atoms with Gasteiger partial charge in [0.05, 0.1) is 12.2 Å². The van der Waals surface area contributed by atoms with E-state index in [1.54, 1.807) is 0 Å². The first-order chi connectivity index (χ1) is 14.1. The van der Waals surface area contributed by atoms with Crippen LogP contribution in [0.2, 0.25) is 0 Å². The third kappa shape index (κ3) is 4.88. The van der Waals surface area contributed by atoms with Crippen molar-refractivity contribution in [2.24, 2.45) is 12.0 Å². The number of nitrogens with one attached hydrogen (secondary N) is 1. The third-order valence-corrected chi connectivity index (χ3v) is 6.19. The summed E-state index contributed by atoms with van der Waals surface area (Å²) in [6.45, 7) is 13.9. The van der Waals surface area contributed by atoms with Crippen molar-refractivity contribution in [1.82, 2.24) is 29.4 Å². The molecular formula is C20H34N8S. The van der Waals surface area contributed by atoms with Crippen molar-refractivity contribution in [3.8, 4) is 0 Å². The number of aromatic nitrogens is 4. The van der Waals surface area contributed by atoms with Gasteiger partial charge in [-0.3, -0.25) is 4.68 Å². The number of nitrogens with zero attached hydrogens (tertiary/aromatic N) is 7. The van der Waals surface area contributed by atoms with Crippen LogP contribution >= 0.6 is 11.5 Å². The van der Waals surface area contributed by atoms with E-state index in [4.69, 9.17) is 4.99 Å². The molecule has 1 aliphatic heterocycles. The van der Waals surface area contributed by atoms with E-state index in [9.17, 15) is 0 Å². The molecular weight excluding hydrogens is 384 g/mol. The minimum atomic E-state index is 0.680. The number of hydrogen-bond acceptors (Lipinski definition) is 6. The van der Waals surface area contributed by atoms with Crippen LogP contribution in [0.1, 0.15) is 50.5 Å². The van der Waals surface area contributed by atoms with E-state index in [0.717, 1.165) is 74.6 Å². The lowest BCUT2D eigenvalue weighted by molar-refractivity contribution is 0.372. The van der Waals surface area contributed by atoms with Gasteiger partial charge in [0, 0.05) is 69.0 Å². The van der Waals surface area contributed by atoms with E-state index in [1.165, 1.54) is 22.8 Å². The van der Waals surface area contributed by atoms with Crippen LogP contribution in [0.3, 0.4) is 0 Å². The normalized spacial score (nSPS) is 15.3. The van der Waals surface area contributed by atoms with Crippen molar-refractivity contribution in [1.29, 1.82) is 0 Å². The quantitative estimate of drug-likeness (QED) is 0.549. The highest BCUT2D eigenvalue weighted by Crippen LogP contribution is 2.20. The molecule has 2 aromatic heterocycles. The summed E-state index contributed by atoms with van der Waals surface area (Å²) in [5.74, 6) is 1.93. The molecule has 1 saturated heterocycles. The molecule has 29 heavy (non-hydrogen) atoms. The number of guanidine groups is 1. The number of aliphatic imine (C=N–C) groups is 1. The molecule has 0 radical (unpaired) electrons. The van der Waals surface area contributed by atoms with E-state index in [1.807, 2.05) is 11.7 Å². The van der Waals surface area contributed by atoms with Gasteiger partial charge < -0.3 is 15.1 Å². The molecule has 0 saturated carbocycles. The second-order valence-corrected chi connectivity index (χ2v) is 7.92. The average molecular weight is 419 g/mol. The number of aryl methyl sites for hydroxylation is 3. The van der Waals surface area contributed by atoms with Crippen molar-refractivity contribution in [2.45, 2.75) is 53.5 Å². The summed E-state index contributed by atoms with van der Waals surface area (Å²) in [6, 6.07) is 0. The van der Waals surface area contributed by atoms with Gasteiger partial charge in [0.25, 0.3) is 0 Å². The predicted molar refractivity (Wildman–Crippen MR) is 120 cm³/mol. The van der Waals surface area contributed by atoms with Gasteiger partial charge in [-0.1, -0.05) is 20.8 Å². The Morgan fingerprint density at radius 3 is 2.41 bits per heavy atom. The number of piperazine rings is 1. The molecule has 3 rings (SSSR count). The van der Waals surface area contributed by atoms with Crippen LogP contribution in [0.25, 0.3) is 0 Å². The van der Waals surface area contributed by atoms with Crippen molar-refractivity contribution < 1.29 is 0 Å².